The van der Waals surface area contributed by atoms with Gasteiger partial charge in [-0.2, -0.15) is 0 Å². The maximum Gasteiger partial charge on any atom is 0.255 e. The maximum atomic E-state index is 12.2. The number of nitrogen functional groups attached to an aromatic ring is 1. The van der Waals surface area contributed by atoms with Crippen molar-refractivity contribution in [3.8, 4) is 0 Å². The topological polar surface area (TPSA) is 80.9 Å². The van der Waals surface area contributed by atoms with Gasteiger partial charge in [0.05, 0.1) is 11.0 Å². The van der Waals surface area contributed by atoms with E-state index in [1.165, 1.54) is 0 Å². The molecule has 1 amide bonds. The molecule has 0 aliphatic rings. The summed E-state index contributed by atoms with van der Waals surface area (Å²) in [6, 6.07) is 10.0. The zero-order valence-corrected chi connectivity index (χ0v) is 11.6. The number of anilines is 2. The van der Waals surface area contributed by atoms with E-state index in [0.29, 0.717) is 27.5 Å². The fourth-order valence-electron chi connectivity index (χ4n) is 1.99. The summed E-state index contributed by atoms with van der Waals surface area (Å²) in [5.74, 6) is -0.285. The number of nitrogens with one attached hydrogen (secondary N) is 1. The Morgan fingerprint density at radius 2 is 1.81 bits per heavy atom. The quantitative estimate of drug-likeness (QED) is 0.712. The first-order valence-electron chi connectivity index (χ1n) is 6.20. The lowest BCUT2D eigenvalue weighted by atomic mass is 10.2. The highest BCUT2D eigenvalue weighted by Crippen LogP contribution is 2.19. The van der Waals surface area contributed by atoms with E-state index in [-0.39, 0.29) is 5.91 Å². The average molecular weight is 299 g/mol. The third-order valence-corrected chi connectivity index (χ3v) is 3.13. The molecule has 104 valence electrons. The van der Waals surface area contributed by atoms with Gasteiger partial charge in [-0.3, -0.25) is 14.8 Å². The minimum Gasteiger partial charge on any atom is -0.399 e. The maximum absolute atomic E-state index is 12.2. The standard InChI is InChI=1S/C15H11ClN4O/c16-10-5-9(6-11(17)7-10)15(21)20-12-1-2-13-14(8-12)19-4-3-18-13/h1-8H,17H2,(H,20,21). The molecule has 0 fully saturated rings. The summed E-state index contributed by atoms with van der Waals surface area (Å²) in [5, 5.41) is 3.20. The highest BCUT2D eigenvalue weighted by Gasteiger charge is 2.08. The third-order valence-electron chi connectivity index (χ3n) is 2.91. The van der Waals surface area contributed by atoms with E-state index in [1.807, 2.05) is 0 Å². The molecule has 0 radical (unpaired) electrons. The minimum atomic E-state index is -0.285. The van der Waals surface area contributed by atoms with Crippen LogP contribution in [0.2, 0.25) is 5.02 Å². The molecule has 3 N–H and O–H groups in total. The molecule has 2 aromatic carbocycles. The van der Waals surface area contributed by atoms with Crippen LogP contribution in [0.3, 0.4) is 0 Å². The van der Waals surface area contributed by atoms with Crippen LogP contribution < -0.4 is 11.1 Å². The van der Waals surface area contributed by atoms with Crippen LogP contribution in [0.15, 0.2) is 48.8 Å². The Balaban J connectivity index is 1.88. The number of amides is 1. The molecular weight excluding hydrogens is 288 g/mol. The summed E-state index contributed by atoms with van der Waals surface area (Å²) < 4.78 is 0. The molecule has 0 aliphatic heterocycles. The van der Waals surface area contributed by atoms with Gasteiger partial charge in [-0.15, -0.1) is 0 Å². The molecule has 21 heavy (non-hydrogen) atoms. The lowest BCUT2D eigenvalue weighted by molar-refractivity contribution is 0.102. The van der Waals surface area contributed by atoms with E-state index in [9.17, 15) is 4.79 Å². The van der Waals surface area contributed by atoms with Gasteiger partial charge in [0.1, 0.15) is 0 Å². The van der Waals surface area contributed by atoms with E-state index >= 15 is 0 Å². The smallest absolute Gasteiger partial charge is 0.255 e. The first kappa shape index (κ1) is 13.3. The van der Waals surface area contributed by atoms with Crippen LogP contribution in [-0.4, -0.2) is 15.9 Å². The summed E-state index contributed by atoms with van der Waals surface area (Å²) in [5.41, 5.74) is 8.63. The molecule has 6 heteroatoms. The molecule has 5 nitrogen and oxygen atoms in total. The number of nitrogens with two attached hydrogens (primary N) is 1. The Morgan fingerprint density at radius 1 is 1.05 bits per heavy atom. The molecule has 0 unspecified atom stereocenters. The van der Waals surface area contributed by atoms with E-state index in [4.69, 9.17) is 17.3 Å². The Bertz CT molecular complexity index is 815. The predicted octanol–water partition coefficient (Wildman–Crippen LogP) is 3.12. The molecule has 0 saturated carbocycles. The van der Waals surface area contributed by atoms with E-state index in [0.717, 1.165) is 5.52 Å². The number of halogens is 1. The Hall–Kier alpha value is -2.66. The molecule has 1 aromatic heterocycles. The largest absolute Gasteiger partial charge is 0.399 e. The van der Waals surface area contributed by atoms with Crippen LogP contribution in [0.25, 0.3) is 11.0 Å². The molecule has 0 aliphatic carbocycles. The molecule has 0 saturated heterocycles. The second kappa shape index (κ2) is 5.38. The van der Waals surface area contributed by atoms with E-state index in [2.05, 4.69) is 15.3 Å². The second-order valence-electron chi connectivity index (χ2n) is 4.49. The van der Waals surface area contributed by atoms with Gasteiger partial charge in [0.2, 0.25) is 0 Å². The van der Waals surface area contributed by atoms with Gasteiger partial charge in [-0.05, 0) is 36.4 Å². The fraction of sp³-hybridized carbons (Fsp3) is 0. The molecule has 0 atom stereocenters. The number of hydrogen-bond acceptors (Lipinski definition) is 4. The summed E-state index contributed by atoms with van der Waals surface area (Å²) >= 11 is 5.90. The number of benzene rings is 2. The number of carbonyl (C=O) groups is 1. The molecule has 3 rings (SSSR count). The van der Waals surface area contributed by atoms with Crippen molar-refractivity contribution < 1.29 is 4.79 Å². The van der Waals surface area contributed by atoms with Gasteiger partial charge in [0.15, 0.2) is 0 Å². The monoisotopic (exact) mass is 298 g/mol. The van der Waals surface area contributed by atoms with Crippen LogP contribution in [-0.2, 0) is 0 Å². The van der Waals surface area contributed by atoms with E-state index in [1.54, 1.807) is 48.8 Å². The van der Waals surface area contributed by atoms with Crippen molar-refractivity contribution in [2.75, 3.05) is 11.1 Å². The summed E-state index contributed by atoms with van der Waals surface area (Å²) in [6.45, 7) is 0. The number of rotatable bonds is 2. The van der Waals surface area contributed by atoms with Crippen molar-refractivity contribution in [3.05, 3.63) is 59.4 Å². The van der Waals surface area contributed by atoms with Crippen molar-refractivity contribution in [2.45, 2.75) is 0 Å². The van der Waals surface area contributed by atoms with Crippen LogP contribution in [0.4, 0.5) is 11.4 Å². The van der Waals surface area contributed by atoms with E-state index < -0.39 is 0 Å². The first-order valence-corrected chi connectivity index (χ1v) is 6.58. The van der Waals surface area contributed by atoms with Gasteiger partial charge in [-0.1, -0.05) is 11.6 Å². The molecule has 1 heterocycles. The van der Waals surface area contributed by atoms with Crippen LogP contribution in [0, 0.1) is 0 Å². The van der Waals surface area contributed by atoms with Crippen LogP contribution in [0.5, 0.6) is 0 Å². The zero-order chi connectivity index (χ0) is 14.8. The number of aromatic nitrogens is 2. The van der Waals surface area contributed by atoms with Crippen molar-refractivity contribution in [1.82, 2.24) is 9.97 Å². The average Bonchev–Trinajstić information content (AvgIpc) is 2.46. The predicted molar refractivity (Wildman–Crippen MR) is 83.4 cm³/mol. The Kier molecular flexibility index (Phi) is 3.41. The molecule has 0 bridgehead atoms. The number of fused-ring (bicyclic) bond motifs is 1. The number of nitrogens with zero attached hydrogens (tertiary/aromatic N) is 2. The lowest BCUT2D eigenvalue weighted by Gasteiger charge is -2.07. The normalized spacial score (nSPS) is 10.5. The van der Waals surface area contributed by atoms with Crippen LogP contribution in [0.1, 0.15) is 10.4 Å². The second-order valence-corrected chi connectivity index (χ2v) is 4.92. The number of hydrogen-bond donors (Lipinski definition) is 2. The SMILES string of the molecule is Nc1cc(Cl)cc(C(=O)Nc2ccc3nccnc3c2)c1. The van der Waals surface area contributed by atoms with Gasteiger partial charge in [-0.25, -0.2) is 0 Å². The van der Waals surface area contributed by atoms with Crippen LogP contribution >= 0.6 is 11.6 Å². The van der Waals surface area contributed by atoms with Crippen molar-refractivity contribution >= 4 is 39.9 Å². The molecule has 0 spiro atoms. The van der Waals surface area contributed by atoms with Crippen molar-refractivity contribution in [2.24, 2.45) is 0 Å². The highest BCUT2D eigenvalue weighted by atomic mass is 35.5. The number of carbonyl (C=O) groups excluding carboxylic acids is 1. The molecule has 3 aromatic rings. The summed E-state index contributed by atoms with van der Waals surface area (Å²) in [7, 11) is 0. The summed E-state index contributed by atoms with van der Waals surface area (Å²) in [4.78, 5) is 20.6. The van der Waals surface area contributed by atoms with Crippen molar-refractivity contribution in [3.63, 3.8) is 0 Å². The Labute approximate surface area is 125 Å². The minimum absolute atomic E-state index is 0.285. The van der Waals surface area contributed by atoms with Gasteiger partial charge >= 0.3 is 0 Å². The highest BCUT2D eigenvalue weighted by molar-refractivity contribution is 6.31. The Morgan fingerprint density at radius 3 is 2.57 bits per heavy atom. The summed E-state index contributed by atoms with van der Waals surface area (Å²) in [6.07, 6.45) is 3.22. The van der Waals surface area contributed by atoms with Gasteiger partial charge < -0.3 is 11.1 Å². The molecular formula is C15H11ClN4O. The zero-order valence-electron chi connectivity index (χ0n) is 10.9. The third kappa shape index (κ3) is 2.93. The lowest BCUT2D eigenvalue weighted by Crippen LogP contribution is -2.12. The first-order chi connectivity index (χ1) is 10.1. The van der Waals surface area contributed by atoms with Gasteiger partial charge in [0.25, 0.3) is 5.91 Å². The fourth-order valence-corrected chi connectivity index (χ4v) is 2.23. The van der Waals surface area contributed by atoms with Crippen molar-refractivity contribution in [1.29, 1.82) is 0 Å². The van der Waals surface area contributed by atoms with Gasteiger partial charge in [0, 0.05) is 34.4 Å².